The number of nitrogens with zero attached hydrogens (tertiary/aromatic N) is 3. The number of amidine groups is 1. The molecule has 0 amide bonds. The molecule has 0 unspecified atom stereocenters. The van der Waals surface area contributed by atoms with E-state index in [1.807, 2.05) is 88.8 Å². The lowest BCUT2D eigenvalue weighted by atomic mass is 10.1. The smallest absolute Gasteiger partial charge is 0.196 e. The number of benzene rings is 4. The number of hydrogen-bond donors (Lipinski definition) is 0. The molecule has 0 N–H and O–H groups in total. The van der Waals surface area contributed by atoms with E-state index in [4.69, 9.17) is 33.0 Å². The van der Waals surface area contributed by atoms with Gasteiger partial charge < -0.3 is 9.64 Å². The van der Waals surface area contributed by atoms with Gasteiger partial charge in [0.1, 0.15) is 12.4 Å². The van der Waals surface area contributed by atoms with Crippen LogP contribution in [0, 0.1) is 13.8 Å². The van der Waals surface area contributed by atoms with Crippen LogP contribution in [0.1, 0.15) is 40.9 Å². The minimum Gasteiger partial charge on any atom is -0.488 e. The Hall–Kier alpha value is -3.80. The summed E-state index contributed by atoms with van der Waals surface area (Å²) in [6.07, 6.45) is -0.467. The van der Waals surface area contributed by atoms with Gasteiger partial charge in [0.2, 0.25) is 0 Å². The molecule has 0 bridgehead atoms. The van der Waals surface area contributed by atoms with Crippen molar-refractivity contribution in [2.24, 2.45) is 5.10 Å². The number of carbonyl (C=O) groups excluding carboxylic acids is 1. The lowest BCUT2D eigenvalue weighted by Gasteiger charge is -2.33. The molecule has 1 aliphatic rings. The fraction of sp³-hybridized carbons (Fsp3) is 0.188. The molecule has 0 aromatic heterocycles. The van der Waals surface area contributed by atoms with Crippen molar-refractivity contribution in [2.45, 2.75) is 40.1 Å². The van der Waals surface area contributed by atoms with Gasteiger partial charge in [-0.25, -0.2) is 5.01 Å². The van der Waals surface area contributed by atoms with Gasteiger partial charge in [-0.1, -0.05) is 71.7 Å². The molecule has 1 aliphatic heterocycles. The summed E-state index contributed by atoms with van der Waals surface area (Å²) in [5.41, 5.74) is 6.05. The molecule has 0 saturated heterocycles. The number of ether oxygens (including phenoxy) is 1. The van der Waals surface area contributed by atoms with E-state index in [0.717, 1.165) is 27.9 Å². The highest BCUT2D eigenvalue weighted by Gasteiger charge is 2.40. The minimum atomic E-state index is -0.467. The van der Waals surface area contributed by atoms with Gasteiger partial charge in [0.15, 0.2) is 17.8 Å². The first-order valence-corrected chi connectivity index (χ1v) is 13.5. The third-order valence-corrected chi connectivity index (χ3v) is 7.31. The molecule has 0 aliphatic carbocycles. The topological polar surface area (TPSA) is 45.1 Å². The molecule has 1 atom stereocenters. The first-order chi connectivity index (χ1) is 18.8. The third-order valence-electron chi connectivity index (χ3n) is 6.82. The highest BCUT2D eigenvalue weighted by molar-refractivity contribution is 6.38. The summed E-state index contributed by atoms with van der Waals surface area (Å²) in [6, 6.07) is 29.4. The van der Waals surface area contributed by atoms with E-state index in [1.54, 1.807) is 6.92 Å². The molecule has 0 fully saturated rings. The first kappa shape index (κ1) is 26.8. The number of hydrogen-bond acceptors (Lipinski definition) is 5. The largest absolute Gasteiger partial charge is 0.488 e. The Morgan fingerprint density at radius 1 is 0.846 bits per heavy atom. The summed E-state index contributed by atoms with van der Waals surface area (Å²) in [5.74, 6) is 0.921. The van der Waals surface area contributed by atoms with Crippen LogP contribution in [0.25, 0.3) is 0 Å². The molecule has 4 aromatic carbocycles. The molecule has 39 heavy (non-hydrogen) atoms. The van der Waals surface area contributed by atoms with E-state index in [-0.39, 0.29) is 5.78 Å². The molecule has 0 spiro atoms. The van der Waals surface area contributed by atoms with E-state index in [9.17, 15) is 4.79 Å². The fourth-order valence-corrected chi connectivity index (χ4v) is 4.94. The maximum Gasteiger partial charge on any atom is 0.196 e. The molecule has 5 nitrogen and oxygen atoms in total. The highest BCUT2D eigenvalue weighted by atomic mass is 35.5. The zero-order valence-electron chi connectivity index (χ0n) is 22.1. The van der Waals surface area contributed by atoms with E-state index < -0.39 is 6.17 Å². The maximum absolute atomic E-state index is 12.9. The second-order valence-electron chi connectivity index (χ2n) is 9.68. The Morgan fingerprint density at radius 3 is 2.26 bits per heavy atom. The Labute approximate surface area is 239 Å². The quantitative estimate of drug-likeness (QED) is 0.219. The second kappa shape index (κ2) is 11.5. The Balaban J connectivity index is 1.61. The van der Waals surface area contributed by atoms with Gasteiger partial charge in [-0.05, 0) is 78.6 Å². The van der Waals surface area contributed by atoms with E-state index in [0.29, 0.717) is 34.8 Å². The maximum atomic E-state index is 12.9. The zero-order valence-corrected chi connectivity index (χ0v) is 23.6. The molecular formula is C32H29Cl2N3O2. The van der Waals surface area contributed by atoms with E-state index in [1.165, 1.54) is 5.56 Å². The van der Waals surface area contributed by atoms with Gasteiger partial charge in [-0.15, -0.1) is 5.10 Å². The van der Waals surface area contributed by atoms with E-state index >= 15 is 0 Å². The number of carbonyl (C=O) groups is 1. The predicted octanol–water partition coefficient (Wildman–Crippen LogP) is 8.11. The van der Waals surface area contributed by atoms with Crippen LogP contribution in [0.2, 0.25) is 10.0 Å². The van der Waals surface area contributed by atoms with Crippen LogP contribution in [0.15, 0.2) is 96.1 Å². The van der Waals surface area contributed by atoms with Crippen LogP contribution in [0.3, 0.4) is 0 Å². The number of aryl methyl sites for hydroxylation is 2. The summed E-state index contributed by atoms with van der Waals surface area (Å²) >= 11 is 12.6. The second-order valence-corrected chi connectivity index (χ2v) is 10.6. The van der Waals surface area contributed by atoms with Crippen LogP contribution in [0.4, 0.5) is 5.69 Å². The Morgan fingerprint density at radius 2 is 1.56 bits per heavy atom. The van der Waals surface area contributed by atoms with Gasteiger partial charge in [0.05, 0.1) is 5.69 Å². The van der Waals surface area contributed by atoms with Crippen molar-refractivity contribution >= 4 is 40.5 Å². The number of rotatable bonds is 8. The number of ketones is 1. The Kier molecular flexibility index (Phi) is 7.92. The van der Waals surface area contributed by atoms with Crippen molar-refractivity contribution in [3.05, 3.63) is 129 Å². The van der Waals surface area contributed by atoms with Gasteiger partial charge in [0.25, 0.3) is 0 Å². The number of halogens is 2. The molecule has 0 radical (unpaired) electrons. The van der Waals surface area contributed by atoms with Crippen LogP contribution in [-0.4, -0.2) is 16.5 Å². The van der Waals surface area contributed by atoms with Crippen LogP contribution < -0.4 is 9.75 Å². The van der Waals surface area contributed by atoms with Crippen LogP contribution >= 0.6 is 23.2 Å². The van der Waals surface area contributed by atoms with Crippen molar-refractivity contribution in [1.29, 1.82) is 0 Å². The number of hydrazone groups is 1. The van der Waals surface area contributed by atoms with Crippen molar-refractivity contribution in [3.8, 4) is 5.75 Å². The molecule has 1 heterocycles. The average Bonchev–Trinajstić information content (AvgIpc) is 3.30. The van der Waals surface area contributed by atoms with Gasteiger partial charge >= 0.3 is 0 Å². The average molecular weight is 559 g/mol. The summed E-state index contributed by atoms with van der Waals surface area (Å²) < 4.78 is 6.36. The van der Waals surface area contributed by atoms with Crippen molar-refractivity contribution in [1.82, 2.24) is 4.90 Å². The fourth-order valence-electron chi connectivity index (χ4n) is 4.64. The lowest BCUT2D eigenvalue weighted by molar-refractivity contribution is -0.111. The third kappa shape index (κ3) is 5.95. The minimum absolute atomic E-state index is 0.118. The van der Waals surface area contributed by atoms with Crippen molar-refractivity contribution < 1.29 is 9.53 Å². The number of anilines is 1. The molecule has 0 saturated carbocycles. The van der Waals surface area contributed by atoms with Gasteiger partial charge in [-0.3, -0.25) is 4.79 Å². The molecule has 5 rings (SSSR count). The monoisotopic (exact) mass is 557 g/mol. The number of Topliss-reactive ketones (excluding diaryl/α,β-unsaturated/α-hetero) is 1. The molecular weight excluding hydrogens is 529 g/mol. The summed E-state index contributed by atoms with van der Waals surface area (Å²) in [5, 5.41) is 8.01. The standard InChI is InChI=1S/C32H29Cl2N3O2/c1-21-9-15-28(17-22(21)2)37-32(36(31(35-37)23(3)38)19-24-7-5-4-6-8-24)29-18-27(34)14-16-30(29)39-20-25-10-12-26(33)13-11-25/h4-18,32H,19-20H2,1-3H3/t32-/m0/s1. The molecule has 4 aromatic rings. The molecule has 198 valence electrons. The van der Waals surface area contributed by atoms with Crippen LogP contribution in [-0.2, 0) is 17.9 Å². The SMILES string of the molecule is CC(=O)C1=NN(c2ccc(C)c(C)c2)[C@@H](c2cc(Cl)ccc2OCc2ccc(Cl)cc2)N1Cc1ccccc1. The van der Waals surface area contributed by atoms with Gasteiger partial charge in [0, 0.05) is 29.1 Å². The van der Waals surface area contributed by atoms with Crippen LogP contribution in [0.5, 0.6) is 5.75 Å². The zero-order chi connectivity index (χ0) is 27.5. The predicted molar refractivity (Wildman–Crippen MR) is 158 cm³/mol. The van der Waals surface area contributed by atoms with Crippen molar-refractivity contribution in [2.75, 3.05) is 5.01 Å². The highest BCUT2D eigenvalue weighted by Crippen LogP contribution is 2.42. The lowest BCUT2D eigenvalue weighted by Crippen LogP contribution is -2.37. The van der Waals surface area contributed by atoms with E-state index in [2.05, 4.69) is 26.0 Å². The first-order valence-electron chi connectivity index (χ1n) is 12.7. The molecule has 7 heteroatoms. The summed E-state index contributed by atoms with van der Waals surface area (Å²) in [4.78, 5) is 15.0. The summed E-state index contributed by atoms with van der Waals surface area (Å²) in [7, 11) is 0. The summed E-state index contributed by atoms with van der Waals surface area (Å²) in [6.45, 7) is 6.52. The van der Waals surface area contributed by atoms with Crippen molar-refractivity contribution in [3.63, 3.8) is 0 Å². The Bertz CT molecular complexity index is 1520. The normalized spacial score (nSPS) is 14.9. The van der Waals surface area contributed by atoms with Gasteiger partial charge in [-0.2, -0.15) is 0 Å².